The minimum atomic E-state index is -0.0888. The number of rotatable bonds is 3. The number of piperazine rings is 1. The zero-order chi connectivity index (χ0) is 17.1. The van der Waals surface area contributed by atoms with Gasteiger partial charge in [-0.1, -0.05) is 0 Å². The quantitative estimate of drug-likeness (QED) is 0.824. The summed E-state index contributed by atoms with van der Waals surface area (Å²) in [4.78, 5) is 24.5. The highest BCUT2D eigenvalue weighted by atomic mass is 16.1. The van der Waals surface area contributed by atoms with Crippen LogP contribution in [0.25, 0.3) is 0 Å². The van der Waals surface area contributed by atoms with E-state index >= 15 is 0 Å². The van der Waals surface area contributed by atoms with Gasteiger partial charge >= 0.3 is 0 Å². The Labute approximate surface area is 140 Å². The van der Waals surface area contributed by atoms with Crippen molar-refractivity contribution in [1.29, 1.82) is 5.26 Å². The van der Waals surface area contributed by atoms with Crippen LogP contribution in [0, 0.1) is 11.3 Å². The first-order valence-corrected chi connectivity index (χ1v) is 7.91. The molecule has 0 aromatic carbocycles. The van der Waals surface area contributed by atoms with Crippen LogP contribution < -0.4 is 15.4 Å². The molecule has 1 aliphatic heterocycles. The van der Waals surface area contributed by atoms with Crippen LogP contribution in [0.15, 0.2) is 29.2 Å². The molecular weight excluding hydrogens is 306 g/mol. The Hall–Kier alpha value is -2.95. The first-order valence-electron chi connectivity index (χ1n) is 7.91. The van der Waals surface area contributed by atoms with E-state index < -0.39 is 0 Å². The Morgan fingerprint density at radius 2 is 1.83 bits per heavy atom. The average molecular weight is 325 g/mol. The van der Waals surface area contributed by atoms with Crippen molar-refractivity contribution >= 4 is 11.8 Å². The second kappa shape index (κ2) is 6.66. The van der Waals surface area contributed by atoms with E-state index in [1.54, 1.807) is 24.4 Å². The molecule has 0 saturated carbocycles. The number of nitriles is 1. The summed E-state index contributed by atoms with van der Waals surface area (Å²) in [6.07, 6.45) is 1.60. The van der Waals surface area contributed by atoms with E-state index in [4.69, 9.17) is 5.26 Å². The highest BCUT2D eigenvalue weighted by molar-refractivity contribution is 5.42. The van der Waals surface area contributed by atoms with Gasteiger partial charge in [0, 0.05) is 38.4 Å². The highest BCUT2D eigenvalue weighted by Crippen LogP contribution is 2.16. The summed E-state index contributed by atoms with van der Waals surface area (Å²) in [6, 6.07) is 6.99. The normalized spacial score (nSPS) is 14.8. The molecule has 0 N–H and O–H groups in total. The standard InChI is InChI=1S/C16H19N7O/c1-12(2)23-15(24)4-3-14(20-23)21-7-9-22(10-8-21)16-18-6-5-13(11-17)19-16/h3-6,12H,7-10H2,1-2H3. The van der Waals surface area contributed by atoms with Gasteiger partial charge in [-0.15, -0.1) is 0 Å². The molecule has 0 radical (unpaired) electrons. The third kappa shape index (κ3) is 3.20. The maximum Gasteiger partial charge on any atom is 0.267 e. The molecule has 0 unspecified atom stereocenters. The largest absolute Gasteiger partial charge is 0.352 e. The van der Waals surface area contributed by atoms with Crippen LogP contribution in [0.2, 0.25) is 0 Å². The Kier molecular flexibility index (Phi) is 4.42. The van der Waals surface area contributed by atoms with Crippen molar-refractivity contribution in [2.24, 2.45) is 0 Å². The molecule has 0 bridgehead atoms. The SMILES string of the molecule is CC(C)n1nc(N2CCN(c3nccc(C#N)n3)CC2)ccc1=O. The smallest absolute Gasteiger partial charge is 0.267 e. The van der Waals surface area contributed by atoms with Gasteiger partial charge < -0.3 is 9.80 Å². The molecule has 3 heterocycles. The number of hydrogen-bond acceptors (Lipinski definition) is 7. The summed E-state index contributed by atoms with van der Waals surface area (Å²) in [7, 11) is 0. The van der Waals surface area contributed by atoms with Crippen molar-refractivity contribution in [3.63, 3.8) is 0 Å². The zero-order valence-electron chi connectivity index (χ0n) is 13.8. The number of hydrogen-bond donors (Lipinski definition) is 0. The summed E-state index contributed by atoms with van der Waals surface area (Å²) in [5, 5.41) is 13.4. The lowest BCUT2D eigenvalue weighted by Crippen LogP contribution is -2.48. The van der Waals surface area contributed by atoms with Gasteiger partial charge in [-0.2, -0.15) is 10.4 Å². The van der Waals surface area contributed by atoms with Crippen molar-refractivity contribution in [3.05, 3.63) is 40.4 Å². The molecule has 2 aromatic heterocycles. The van der Waals surface area contributed by atoms with E-state index in [-0.39, 0.29) is 11.6 Å². The molecule has 1 saturated heterocycles. The maximum absolute atomic E-state index is 11.8. The van der Waals surface area contributed by atoms with Gasteiger partial charge in [-0.25, -0.2) is 14.6 Å². The molecule has 0 spiro atoms. The van der Waals surface area contributed by atoms with Crippen LogP contribution in [-0.2, 0) is 0 Å². The Morgan fingerprint density at radius 3 is 2.50 bits per heavy atom. The summed E-state index contributed by atoms with van der Waals surface area (Å²) >= 11 is 0. The summed E-state index contributed by atoms with van der Waals surface area (Å²) in [6.45, 7) is 6.85. The third-order valence-corrected chi connectivity index (χ3v) is 3.94. The number of anilines is 2. The van der Waals surface area contributed by atoms with Crippen molar-refractivity contribution < 1.29 is 0 Å². The molecule has 1 aliphatic rings. The molecule has 24 heavy (non-hydrogen) atoms. The second-order valence-electron chi connectivity index (χ2n) is 5.90. The van der Waals surface area contributed by atoms with Gasteiger partial charge in [-0.05, 0) is 26.0 Å². The Morgan fingerprint density at radius 1 is 1.12 bits per heavy atom. The van der Waals surface area contributed by atoms with Gasteiger partial charge in [0.2, 0.25) is 5.95 Å². The van der Waals surface area contributed by atoms with Crippen molar-refractivity contribution in [3.8, 4) is 6.07 Å². The monoisotopic (exact) mass is 325 g/mol. The van der Waals surface area contributed by atoms with Crippen molar-refractivity contribution in [1.82, 2.24) is 19.7 Å². The van der Waals surface area contributed by atoms with E-state index in [1.807, 2.05) is 19.9 Å². The van der Waals surface area contributed by atoms with Crippen molar-refractivity contribution in [2.45, 2.75) is 19.9 Å². The molecular formula is C16H19N7O. The summed E-state index contributed by atoms with van der Waals surface area (Å²) in [5.41, 5.74) is 0.280. The molecule has 0 amide bonds. The zero-order valence-corrected chi connectivity index (χ0v) is 13.8. The fourth-order valence-corrected chi connectivity index (χ4v) is 2.65. The Balaban J connectivity index is 1.72. The third-order valence-electron chi connectivity index (χ3n) is 3.94. The summed E-state index contributed by atoms with van der Waals surface area (Å²) in [5.74, 6) is 1.38. The minimum Gasteiger partial charge on any atom is -0.352 e. The van der Waals surface area contributed by atoms with Crippen LogP contribution >= 0.6 is 0 Å². The predicted octanol–water partition coefficient (Wildman–Crippen LogP) is 0.812. The van der Waals surface area contributed by atoms with Crippen LogP contribution in [0.1, 0.15) is 25.6 Å². The molecule has 3 rings (SSSR count). The lowest BCUT2D eigenvalue weighted by atomic mass is 10.3. The molecule has 1 fully saturated rings. The van der Waals surface area contributed by atoms with E-state index in [9.17, 15) is 4.79 Å². The lowest BCUT2D eigenvalue weighted by Gasteiger charge is -2.35. The van der Waals surface area contributed by atoms with Crippen LogP contribution in [0.3, 0.4) is 0 Å². The second-order valence-corrected chi connectivity index (χ2v) is 5.90. The number of aromatic nitrogens is 4. The van der Waals surface area contributed by atoms with Crippen LogP contribution in [0.5, 0.6) is 0 Å². The lowest BCUT2D eigenvalue weighted by molar-refractivity contribution is 0.497. The van der Waals surface area contributed by atoms with E-state index in [2.05, 4.69) is 24.9 Å². The molecule has 2 aromatic rings. The Bertz CT molecular complexity index is 816. The fourth-order valence-electron chi connectivity index (χ4n) is 2.65. The van der Waals surface area contributed by atoms with Crippen LogP contribution in [0.4, 0.5) is 11.8 Å². The molecule has 0 atom stereocenters. The summed E-state index contributed by atoms with van der Waals surface area (Å²) < 4.78 is 1.50. The van der Waals surface area contributed by atoms with E-state index in [0.717, 1.165) is 32.0 Å². The van der Waals surface area contributed by atoms with Crippen molar-refractivity contribution in [2.75, 3.05) is 36.0 Å². The molecule has 8 nitrogen and oxygen atoms in total. The van der Waals surface area contributed by atoms with Gasteiger partial charge in [0.25, 0.3) is 5.56 Å². The molecule has 8 heteroatoms. The van der Waals surface area contributed by atoms with Gasteiger partial charge in [0.05, 0.1) is 6.04 Å². The average Bonchev–Trinajstić information content (AvgIpc) is 2.62. The van der Waals surface area contributed by atoms with Gasteiger partial charge in [0.15, 0.2) is 0 Å². The maximum atomic E-state index is 11.8. The van der Waals surface area contributed by atoms with Gasteiger partial charge in [-0.3, -0.25) is 4.79 Å². The minimum absolute atomic E-state index is 0.0286. The topological polar surface area (TPSA) is 90.9 Å². The first kappa shape index (κ1) is 15.9. The molecule has 0 aliphatic carbocycles. The predicted molar refractivity (Wildman–Crippen MR) is 90.1 cm³/mol. The number of nitrogens with zero attached hydrogens (tertiary/aromatic N) is 7. The van der Waals surface area contributed by atoms with Gasteiger partial charge in [0.1, 0.15) is 17.6 Å². The van der Waals surface area contributed by atoms with E-state index in [0.29, 0.717) is 11.6 Å². The highest BCUT2D eigenvalue weighted by Gasteiger charge is 2.21. The fraction of sp³-hybridized carbons (Fsp3) is 0.438. The first-order chi connectivity index (χ1) is 11.6. The van der Waals surface area contributed by atoms with E-state index in [1.165, 1.54) is 4.68 Å². The molecule has 124 valence electrons. The van der Waals surface area contributed by atoms with Crippen LogP contribution in [-0.4, -0.2) is 45.9 Å².